The van der Waals surface area contributed by atoms with Crippen molar-refractivity contribution >= 4 is 5.91 Å². The zero-order valence-corrected chi connectivity index (χ0v) is 19.5. The Morgan fingerprint density at radius 3 is 2.59 bits per heavy atom. The van der Waals surface area contributed by atoms with Crippen molar-refractivity contribution in [2.75, 3.05) is 33.4 Å². The van der Waals surface area contributed by atoms with Gasteiger partial charge in [0, 0.05) is 44.3 Å². The van der Waals surface area contributed by atoms with Gasteiger partial charge in [0.25, 0.3) is 5.91 Å². The molecule has 1 amide bonds. The van der Waals surface area contributed by atoms with Crippen molar-refractivity contribution in [3.8, 4) is 11.5 Å². The standard InChI is InChI=1S/C26H36N2O4/c1-20(2)28(23-11-7-14-27-18-23)26(29)22-12-13-24(25(17-22)31-16-8-15-30-3)32-19-21-9-5-4-6-10-21/h4-6,9-10,12-13,17,20,23,27H,7-8,11,14-16,18-19H2,1-3H3. The number of nitrogens with one attached hydrogen (secondary N) is 1. The SMILES string of the molecule is COCCCOc1cc(C(=O)N(C(C)C)C2CCCNC2)ccc1OCc1ccccc1. The quantitative estimate of drug-likeness (QED) is 0.529. The number of benzene rings is 2. The van der Waals surface area contributed by atoms with Gasteiger partial charge in [0.2, 0.25) is 0 Å². The molecule has 1 aliphatic rings. The Bertz CT molecular complexity index is 835. The molecule has 1 saturated heterocycles. The molecule has 6 heteroatoms. The lowest BCUT2D eigenvalue weighted by Crippen LogP contribution is -2.51. The number of hydrogen-bond donors (Lipinski definition) is 1. The van der Waals surface area contributed by atoms with Gasteiger partial charge in [-0.3, -0.25) is 4.79 Å². The first kappa shape index (κ1) is 24.1. The Balaban J connectivity index is 1.79. The second-order valence-corrected chi connectivity index (χ2v) is 8.44. The molecule has 1 aliphatic heterocycles. The maximum Gasteiger partial charge on any atom is 0.254 e. The maximum atomic E-state index is 13.5. The number of methoxy groups -OCH3 is 1. The predicted octanol–water partition coefficient (Wildman–Crippen LogP) is 4.28. The van der Waals surface area contributed by atoms with Gasteiger partial charge in [0.05, 0.1) is 6.61 Å². The van der Waals surface area contributed by atoms with E-state index in [1.54, 1.807) is 7.11 Å². The molecule has 0 saturated carbocycles. The van der Waals surface area contributed by atoms with Crippen molar-refractivity contribution < 1.29 is 19.0 Å². The molecule has 2 aromatic carbocycles. The van der Waals surface area contributed by atoms with Crippen LogP contribution in [0.5, 0.6) is 11.5 Å². The van der Waals surface area contributed by atoms with Crippen molar-refractivity contribution in [1.29, 1.82) is 0 Å². The fourth-order valence-corrected chi connectivity index (χ4v) is 4.04. The molecule has 2 aromatic rings. The van der Waals surface area contributed by atoms with Crippen LogP contribution in [0.25, 0.3) is 0 Å². The van der Waals surface area contributed by atoms with Crippen molar-refractivity contribution in [2.24, 2.45) is 0 Å². The number of piperidine rings is 1. The number of carbonyl (C=O) groups excluding carboxylic acids is 1. The van der Waals surface area contributed by atoms with Gasteiger partial charge in [-0.15, -0.1) is 0 Å². The topological polar surface area (TPSA) is 60.0 Å². The fourth-order valence-electron chi connectivity index (χ4n) is 4.04. The summed E-state index contributed by atoms with van der Waals surface area (Å²) in [5.74, 6) is 1.26. The molecule has 0 radical (unpaired) electrons. The summed E-state index contributed by atoms with van der Waals surface area (Å²) >= 11 is 0. The van der Waals surface area contributed by atoms with Gasteiger partial charge >= 0.3 is 0 Å². The molecule has 0 aliphatic carbocycles. The van der Waals surface area contributed by atoms with Crippen LogP contribution < -0.4 is 14.8 Å². The van der Waals surface area contributed by atoms with Gasteiger partial charge < -0.3 is 24.4 Å². The number of rotatable bonds is 11. The van der Waals surface area contributed by atoms with E-state index in [9.17, 15) is 4.79 Å². The molecule has 1 heterocycles. The van der Waals surface area contributed by atoms with E-state index in [0.29, 0.717) is 36.9 Å². The first-order valence-corrected chi connectivity index (χ1v) is 11.6. The average Bonchev–Trinajstić information content (AvgIpc) is 2.82. The smallest absolute Gasteiger partial charge is 0.254 e. The van der Waals surface area contributed by atoms with Crippen molar-refractivity contribution in [3.63, 3.8) is 0 Å². The second kappa shape index (κ2) is 12.5. The van der Waals surface area contributed by atoms with Crippen molar-refractivity contribution in [3.05, 3.63) is 59.7 Å². The van der Waals surface area contributed by atoms with E-state index in [-0.39, 0.29) is 18.0 Å². The Morgan fingerprint density at radius 2 is 1.91 bits per heavy atom. The van der Waals surface area contributed by atoms with E-state index in [2.05, 4.69) is 19.2 Å². The monoisotopic (exact) mass is 440 g/mol. The maximum absolute atomic E-state index is 13.5. The van der Waals surface area contributed by atoms with E-state index >= 15 is 0 Å². The first-order valence-electron chi connectivity index (χ1n) is 11.6. The molecular weight excluding hydrogens is 404 g/mol. The minimum Gasteiger partial charge on any atom is -0.490 e. The van der Waals surface area contributed by atoms with E-state index in [1.165, 1.54) is 0 Å². The largest absolute Gasteiger partial charge is 0.490 e. The van der Waals surface area contributed by atoms with Crippen LogP contribution in [0.15, 0.2) is 48.5 Å². The zero-order chi connectivity index (χ0) is 22.8. The third-order valence-electron chi connectivity index (χ3n) is 5.63. The Labute approximate surface area is 191 Å². The third kappa shape index (κ3) is 6.71. The number of ether oxygens (including phenoxy) is 3. The average molecular weight is 441 g/mol. The summed E-state index contributed by atoms with van der Waals surface area (Å²) in [4.78, 5) is 15.5. The third-order valence-corrected chi connectivity index (χ3v) is 5.63. The van der Waals surface area contributed by atoms with Gasteiger partial charge in [0.1, 0.15) is 6.61 Å². The highest BCUT2D eigenvalue weighted by molar-refractivity contribution is 5.95. The molecule has 32 heavy (non-hydrogen) atoms. The molecule has 1 atom stereocenters. The van der Waals surface area contributed by atoms with Crippen LogP contribution in [0.1, 0.15) is 49.0 Å². The fraction of sp³-hybridized carbons (Fsp3) is 0.500. The summed E-state index contributed by atoms with van der Waals surface area (Å²) in [6.07, 6.45) is 2.87. The van der Waals surface area contributed by atoms with Crippen LogP contribution in [0.3, 0.4) is 0 Å². The van der Waals surface area contributed by atoms with Crippen molar-refractivity contribution in [1.82, 2.24) is 10.2 Å². The van der Waals surface area contributed by atoms with Crippen LogP contribution in [-0.2, 0) is 11.3 Å². The minimum atomic E-state index is 0.0325. The predicted molar refractivity (Wildman–Crippen MR) is 126 cm³/mol. The van der Waals surface area contributed by atoms with E-state index in [4.69, 9.17) is 14.2 Å². The number of amides is 1. The zero-order valence-electron chi connectivity index (χ0n) is 19.5. The Morgan fingerprint density at radius 1 is 1.09 bits per heavy atom. The number of nitrogens with zero attached hydrogens (tertiary/aromatic N) is 1. The van der Waals surface area contributed by atoms with Crippen LogP contribution in [0, 0.1) is 0 Å². The molecule has 0 bridgehead atoms. The molecule has 174 valence electrons. The van der Waals surface area contributed by atoms with Crippen molar-refractivity contribution in [2.45, 2.75) is 51.8 Å². The summed E-state index contributed by atoms with van der Waals surface area (Å²) in [6, 6.07) is 15.8. The van der Waals surface area contributed by atoms with E-state index in [1.807, 2.05) is 53.4 Å². The van der Waals surface area contributed by atoms with Gasteiger partial charge in [-0.05, 0) is 57.0 Å². The highest BCUT2D eigenvalue weighted by Crippen LogP contribution is 2.31. The molecular formula is C26H36N2O4. The molecule has 1 N–H and O–H groups in total. The minimum absolute atomic E-state index is 0.0325. The number of carbonyl (C=O) groups is 1. The Hall–Kier alpha value is -2.57. The molecule has 1 fully saturated rings. The lowest BCUT2D eigenvalue weighted by molar-refractivity contribution is 0.0573. The first-order chi connectivity index (χ1) is 15.6. The highest BCUT2D eigenvalue weighted by atomic mass is 16.5. The molecule has 3 rings (SSSR count). The van der Waals surface area contributed by atoms with Gasteiger partial charge in [-0.2, -0.15) is 0 Å². The lowest BCUT2D eigenvalue weighted by atomic mass is 10.0. The summed E-state index contributed by atoms with van der Waals surface area (Å²) in [5.41, 5.74) is 1.70. The molecule has 0 aromatic heterocycles. The summed E-state index contributed by atoms with van der Waals surface area (Å²) < 4.78 is 17.2. The number of hydrogen-bond acceptors (Lipinski definition) is 5. The summed E-state index contributed by atoms with van der Waals surface area (Å²) in [6.45, 7) is 7.56. The van der Waals surface area contributed by atoms with Crippen LogP contribution in [-0.4, -0.2) is 56.3 Å². The van der Waals surface area contributed by atoms with Crippen LogP contribution >= 0.6 is 0 Å². The lowest BCUT2D eigenvalue weighted by Gasteiger charge is -2.37. The summed E-state index contributed by atoms with van der Waals surface area (Å²) in [5, 5.41) is 3.42. The Kier molecular flexibility index (Phi) is 9.38. The van der Waals surface area contributed by atoms with Crippen LogP contribution in [0.4, 0.5) is 0 Å². The highest BCUT2D eigenvalue weighted by Gasteiger charge is 2.29. The van der Waals surface area contributed by atoms with Gasteiger partial charge in [0.15, 0.2) is 11.5 Å². The van der Waals surface area contributed by atoms with E-state index in [0.717, 1.165) is 37.9 Å². The summed E-state index contributed by atoms with van der Waals surface area (Å²) in [7, 11) is 1.67. The molecule has 1 unspecified atom stereocenters. The molecule has 6 nitrogen and oxygen atoms in total. The van der Waals surface area contributed by atoms with Gasteiger partial charge in [-0.25, -0.2) is 0 Å². The van der Waals surface area contributed by atoms with Gasteiger partial charge in [-0.1, -0.05) is 30.3 Å². The molecule has 0 spiro atoms. The van der Waals surface area contributed by atoms with E-state index < -0.39 is 0 Å². The second-order valence-electron chi connectivity index (χ2n) is 8.44. The van der Waals surface area contributed by atoms with Crippen LogP contribution in [0.2, 0.25) is 0 Å². The normalized spacial score (nSPS) is 16.1.